The first kappa shape index (κ1) is 9.97. The van der Waals surface area contributed by atoms with Gasteiger partial charge in [0.25, 0.3) is 0 Å². The predicted molar refractivity (Wildman–Crippen MR) is 69.9 cm³/mol. The molecule has 82 valence electrons. The van der Waals surface area contributed by atoms with Crippen molar-refractivity contribution in [3.63, 3.8) is 0 Å². The molecule has 1 aliphatic rings. The van der Waals surface area contributed by atoms with Crippen LogP contribution in [0.2, 0.25) is 0 Å². The molecule has 1 heterocycles. The summed E-state index contributed by atoms with van der Waals surface area (Å²) in [6, 6.07) is 20.3. The normalized spacial score (nSPS) is 16.1. The molecule has 3 rings (SSSR count). The van der Waals surface area contributed by atoms with Gasteiger partial charge in [-0.3, -0.25) is 4.99 Å². The molecule has 2 aromatic rings. The van der Waals surface area contributed by atoms with Crippen LogP contribution < -0.4 is 0 Å². The Hall–Kier alpha value is -2.22. The smallest absolute Gasteiger partial charge is 0.154 e. The summed E-state index contributed by atoms with van der Waals surface area (Å²) in [7, 11) is 0. The van der Waals surface area contributed by atoms with Crippen LogP contribution in [-0.4, -0.2) is 11.9 Å². The second-order valence-corrected chi connectivity index (χ2v) is 4.08. The minimum absolute atomic E-state index is 0.399. The molecule has 1 aliphatic heterocycles. The molecule has 2 heteroatoms. The van der Waals surface area contributed by atoms with E-state index in [4.69, 9.17) is 5.41 Å². The van der Waals surface area contributed by atoms with E-state index in [-0.39, 0.29) is 0 Å². The van der Waals surface area contributed by atoms with E-state index in [0.29, 0.717) is 0 Å². The highest BCUT2D eigenvalue weighted by Crippen LogP contribution is 2.44. The number of benzene rings is 2. The molecule has 0 bridgehead atoms. The maximum atomic E-state index is 7.42. The van der Waals surface area contributed by atoms with Gasteiger partial charge in [0.1, 0.15) is 0 Å². The Morgan fingerprint density at radius 1 is 0.824 bits per heavy atom. The van der Waals surface area contributed by atoms with Crippen molar-refractivity contribution >= 4 is 11.9 Å². The molecule has 0 aromatic heterocycles. The first-order valence-corrected chi connectivity index (χ1v) is 5.60. The Morgan fingerprint density at radius 2 is 1.29 bits per heavy atom. The molecule has 0 radical (unpaired) electrons. The number of rotatable bonds is 3. The third-order valence-corrected chi connectivity index (χ3v) is 3.13. The van der Waals surface area contributed by atoms with Gasteiger partial charge in [0.2, 0.25) is 0 Å². The summed E-state index contributed by atoms with van der Waals surface area (Å²) in [5.74, 6) is 0. The van der Waals surface area contributed by atoms with Gasteiger partial charge in [-0.15, -0.1) is 0 Å². The van der Waals surface area contributed by atoms with Gasteiger partial charge in [-0.1, -0.05) is 60.7 Å². The molecular formula is C15H12N2. The molecule has 0 saturated heterocycles. The molecule has 2 aromatic carbocycles. The van der Waals surface area contributed by atoms with Gasteiger partial charge >= 0.3 is 0 Å². The number of aliphatic imine (C=N–C) groups is 1. The fraction of sp³-hybridized carbons (Fsp3) is 0.0667. The van der Waals surface area contributed by atoms with Crippen LogP contribution in [-0.2, 0) is 5.54 Å². The van der Waals surface area contributed by atoms with Crippen LogP contribution in [0.5, 0.6) is 0 Å². The van der Waals surface area contributed by atoms with E-state index in [1.807, 2.05) is 36.4 Å². The van der Waals surface area contributed by atoms with E-state index >= 15 is 0 Å². The van der Waals surface area contributed by atoms with Crippen molar-refractivity contribution in [1.29, 1.82) is 5.41 Å². The van der Waals surface area contributed by atoms with Gasteiger partial charge in [0.05, 0.1) is 5.71 Å². The van der Waals surface area contributed by atoms with Gasteiger partial charge in [0, 0.05) is 6.21 Å². The Balaban J connectivity index is 2.11. The number of hydrogen-bond donors (Lipinski definition) is 1. The molecule has 2 nitrogen and oxygen atoms in total. The van der Waals surface area contributed by atoms with Crippen molar-refractivity contribution < 1.29 is 0 Å². The first-order chi connectivity index (χ1) is 8.38. The van der Waals surface area contributed by atoms with Gasteiger partial charge in [-0.2, -0.15) is 0 Å². The van der Waals surface area contributed by atoms with Crippen LogP contribution in [0.3, 0.4) is 0 Å². The van der Waals surface area contributed by atoms with E-state index < -0.39 is 5.54 Å². The van der Waals surface area contributed by atoms with Crippen LogP contribution >= 0.6 is 0 Å². The maximum absolute atomic E-state index is 7.42. The summed E-state index contributed by atoms with van der Waals surface area (Å²) in [5.41, 5.74) is 2.69. The Bertz CT molecular complexity index is 531. The van der Waals surface area contributed by atoms with Gasteiger partial charge < -0.3 is 5.41 Å². The quantitative estimate of drug-likeness (QED) is 0.772. The second-order valence-electron chi connectivity index (χ2n) is 4.08. The largest absolute Gasteiger partial charge is 0.307 e. The minimum Gasteiger partial charge on any atom is -0.307 e. The van der Waals surface area contributed by atoms with Crippen LogP contribution in [0, 0.1) is 5.41 Å². The van der Waals surface area contributed by atoms with Gasteiger partial charge in [-0.05, 0) is 11.1 Å². The standard InChI is InChI=1S/C15H12N2/c16-11-14-15(17-14,12-7-3-1-4-8-12)13-9-5-2-6-10-13/h1-11,16H. The summed E-state index contributed by atoms with van der Waals surface area (Å²) in [5, 5.41) is 7.42. The SMILES string of the molecule is N=CC1=NC1(c1ccccc1)c1ccccc1. The van der Waals surface area contributed by atoms with Crippen molar-refractivity contribution in [3.8, 4) is 0 Å². The fourth-order valence-corrected chi connectivity index (χ4v) is 2.24. The maximum Gasteiger partial charge on any atom is 0.154 e. The van der Waals surface area contributed by atoms with E-state index in [2.05, 4.69) is 29.3 Å². The van der Waals surface area contributed by atoms with Crippen molar-refractivity contribution in [3.05, 3.63) is 71.8 Å². The van der Waals surface area contributed by atoms with E-state index in [0.717, 1.165) is 16.8 Å². The topological polar surface area (TPSA) is 36.2 Å². The summed E-state index contributed by atoms with van der Waals surface area (Å²) in [4.78, 5) is 4.52. The van der Waals surface area contributed by atoms with E-state index in [1.165, 1.54) is 6.21 Å². The predicted octanol–water partition coefficient (Wildman–Crippen LogP) is 3.03. The lowest BCUT2D eigenvalue weighted by atomic mass is 9.86. The number of hydrogen-bond acceptors (Lipinski definition) is 2. The van der Waals surface area contributed by atoms with Crippen molar-refractivity contribution in [1.82, 2.24) is 0 Å². The Kier molecular flexibility index (Phi) is 2.15. The third-order valence-electron chi connectivity index (χ3n) is 3.13. The highest BCUT2D eigenvalue weighted by Gasteiger charge is 2.48. The molecular weight excluding hydrogens is 208 g/mol. The molecule has 0 aliphatic carbocycles. The Labute approximate surface area is 100 Å². The molecule has 0 atom stereocenters. The van der Waals surface area contributed by atoms with Crippen LogP contribution in [0.15, 0.2) is 65.7 Å². The van der Waals surface area contributed by atoms with Gasteiger partial charge in [0.15, 0.2) is 5.54 Å². The lowest BCUT2D eigenvalue weighted by Gasteiger charge is -2.15. The average molecular weight is 220 g/mol. The van der Waals surface area contributed by atoms with E-state index in [1.54, 1.807) is 0 Å². The molecule has 0 amide bonds. The second kappa shape index (κ2) is 3.67. The van der Waals surface area contributed by atoms with Crippen LogP contribution in [0.25, 0.3) is 0 Å². The molecule has 0 fully saturated rings. The third kappa shape index (κ3) is 1.41. The molecule has 0 saturated carbocycles. The molecule has 1 N–H and O–H groups in total. The molecule has 17 heavy (non-hydrogen) atoms. The zero-order chi connectivity index (χ0) is 11.7. The number of nitrogens with zero attached hydrogens (tertiary/aromatic N) is 1. The van der Waals surface area contributed by atoms with E-state index in [9.17, 15) is 0 Å². The minimum atomic E-state index is -0.399. The lowest BCUT2D eigenvalue weighted by molar-refractivity contribution is 0.865. The van der Waals surface area contributed by atoms with Crippen LogP contribution in [0.4, 0.5) is 0 Å². The summed E-state index contributed by atoms with van der Waals surface area (Å²) in [6.07, 6.45) is 1.35. The number of nitrogens with one attached hydrogen (secondary N) is 1. The summed E-state index contributed by atoms with van der Waals surface area (Å²) < 4.78 is 0. The van der Waals surface area contributed by atoms with Crippen molar-refractivity contribution in [2.45, 2.75) is 5.54 Å². The zero-order valence-corrected chi connectivity index (χ0v) is 9.30. The average Bonchev–Trinajstić information content (AvgIpc) is 3.17. The highest BCUT2D eigenvalue weighted by molar-refractivity contribution is 6.41. The highest BCUT2D eigenvalue weighted by atomic mass is 15.1. The lowest BCUT2D eigenvalue weighted by Crippen LogP contribution is -2.18. The monoisotopic (exact) mass is 220 g/mol. The molecule has 0 spiro atoms. The molecule has 0 unspecified atom stereocenters. The Morgan fingerprint density at radius 3 is 1.65 bits per heavy atom. The fourth-order valence-electron chi connectivity index (χ4n) is 2.24. The van der Waals surface area contributed by atoms with Crippen molar-refractivity contribution in [2.24, 2.45) is 4.99 Å². The summed E-state index contributed by atoms with van der Waals surface area (Å²) in [6.45, 7) is 0. The van der Waals surface area contributed by atoms with Crippen LogP contribution in [0.1, 0.15) is 11.1 Å². The first-order valence-electron chi connectivity index (χ1n) is 5.60. The van der Waals surface area contributed by atoms with Gasteiger partial charge in [-0.25, -0.2) is 0 Å². The van der Waals surface area contributed by atoms with Crippen molar-refractivity contribution in [2.75, 3.05) is 0 Å². The summed E-state index contributed by atoms with van der Waals surface area (Å²) >= 11 is 0. The zero-order valence-electron chi connectivity index (χ0n) is 9.30.